The van der Waals surface area contributed by atoms with Crippen LogP contribution in [-0.2, 0) is 21.7 Å². The lowest BCUT2D eigenvalue weighted by atomic mass is 9.72. The van der Waals surface area contributed by atoms with Crippen LogP contribution in [0.15, 0.2) is 152 Å². The highest BCUT2D eigenvalue weighted by molar-refractivity contribution is 5.65. The van der Waals surface area contributed by atoms with Crippen LogP contribution in [0, 0.1) is 0 Å². The maximum atomic E-state index is 13.3. The van der Waals surface area contributed by atoms with E-state index in [9.17, 15) is 20.4 Å². The van der Waals surface area contributed by atoms with Crippen LogP contribution in [-0.4, -0.2) is 20.4 Å². The molecule has 336 valence electrons. The van der Waals surface area contributed by atoms with E-state index < -0.39 is 17.8 Å². The molecule has 0 fully saturated rings. The van der Waals surface area contributed by atoms with Crippen molar-refractivity contribution in [1.29, 1.82) is 0 Å². The second kappa shape index (κ2) is 17.6. The summed E-state index contributed by atoms with van der Waals surface area (Å²) >= 11 is 0. The van der Waals surface area contributed by atoms with Gasteiger partial charge in [0.25, 0.3) is 0 Å². The Balaban J connectivity index is 1.61. The van der Waals surface area contributed by atoms with Crippen LogP contribution in [0.3, 0.4) is 0 Å². The molecule has 0 aromatic heterocycles. The average molecular weight is 865 g/mol. The minimum atomic E-state index is -0.643. The molecule has 4 nitrogen and oxygen atoms in total. The molecule has 4 N–H and O–H groups in total. The van der Waals surface area contributed by atoms with Crippen LogP contribution in [0.4, 0.5) is 0 Å². The largest absolute Gasteiger partial charge is 0.508 e. The van der Waals surface area contributed by atoms with Crippen molar-refractivity contribution in [3.8, 4) is 23.0 Å². The summed E-state index contributed by atoms with van der Waals surface area (Å²) in [6.07, 6.45) is 0. The van der Waals surface area contributed by atoms with Gasteiger partial charge in [-0.1, -0.05) is 223 Å². The standard InChI is InChI=1S/C61H68O4/c1-58(2,3)41-28-30-51(62)45(32-41)53(38-22-16-13-17-23-38)47-34-43(60(7,8)9)36-49(56(47)64)55(40-26-20-15-21-27-40)50-37-44(61(10,11)12)35-48(57(50)65)54(39-24-18-14-19-25-39)46-33-42(59(4,5)6)29-31-52(46)63/h13-37,53-55,62-65H,1-12H3. The van der Waals surface area contributed by atoms with Gasteiger partial charge >= 0.3 is 0 Å². The third-order valence-corrected chi connectivity index (χ3v) is 13.1. The number of benzene rings is 7. The molecule has 65 heavy (non-hydrogen) atoms. The number of rotatable bonds is 9. The molecule has 0 aliphatic heterocycles. The maximum absolute atomic E-state index is 13.3. The van der Waals surface area contributed by atoms with Crippen LogP contribution < -0.4 is 0 Å². The molecule has 2 atom stereocenters. The molecule has 0 bridgehead atoms. The smallest absolute Gasteiger partial charge is 0.123 e. The van der Waals surface area contributed by atoms with Crippen LogP contribution in [0.5, 0.6) is 23.0 Å². The Morgan fingerprint density at radius 2 is 0.508 bits per heavy atom. The van der Waals surface area contributed by atoms with E-state index in [1.54, 1.807) is 12.1 Å². The van der Waals surface area contributed by atoms with Gasteiger partial charge in [0, 0.05) is 51.1 Å². The van der Waals surface area contributed by atoms with E-state index in [2.05, 4.69) is 156 Å². The van der Waals surface area contributed by atoms with Crippen molar-refractivity contribution in [3.63, 3.8) is 0 Å². The number of hydrogen-bond donors (Lipinski definition) is 4. The molecule has 0 radical (unpaired) electrons. The zero-order chi connectivity index (χ0) is 47.2. The van der Waals surface area contributed by atoms with E-state index in [1.807, 2.05) is 66.7 Å². The van der Waals surface area contributed by atoms with Crippen molar-refractivity contribution in [2.45, 2.75) is 122 Å². The van der Waals surface area contributed by atoms with E-state index >= 15 is 0 Å². The van der Waals surface area contributed by atoms with Crippen LogP contribution >= 0.6 is 0 Å². The summed E-state index contributed by atoms with van der Waals surface area (Å²) in [5.41, 5.74) is 9.84. The maximum Gasteiger partial charge on any atom is 0.123 e. The summed E-state index contributed by atoms with van der Waals surface area (Å²) < 4.78 is 0. The van der Waals surface area contributed by atoms with Crippen molar-refractivity contribution < 1.29 is 20.4 Å². The minimum Gasteiger partial charge on any atom is -0.508 e. The summed E-state index contributed by atoms with van der Waals surface area (Å²) in [5, 5.41) is 50.2. The van der Waals surface area contributed by atoms with Crippen LogP contribution in [0.25, 0.3) is 0 Å². The highest BCUT2D eigenvalue weighted by Gasteiger charge is 2.35. The predicted molar refractivity (Wildman–Crippen MR) is 269 cm³/mol. The zero-order valence-electron chi connectivity index (χ0n) is 40.5. The number of hydrogen-bond acceptors (Lipinski definition) is 4. The van der Waals surface area contributed by atoms with Gasteiger partial charge in [-0.3, -0.25) is 0 Å². The number of phenolic OH excluding ortho intramolecular Hbond substituents is 4. The molecule has 0 aliphatic carbocycles. The van der Waals surface area contributed by atoms with E-state index in [0.29, 0.717) is 33.4 Å². The molecule has 2 unspecified atom stereocenters. The summed E-state index contributed by atoms with van der Waals surface area (Å²) in [7, 11) is 0. The Kier molecular flexibility index (Phi) is 12.7. The Labute approximate surface area is 388 Å². The van der Waals surface area contributed by atoms with Gasteiger partial charge in [0.05, 0.1) is 0 Å². The quantitative estimate of drug-likeness (QED) is 0.109. The van der Waals surface area contributed by atoms with E-state index in [0.717, 1.165) is 38.9 Å². The molecule has 0 aliphatic rings. The Morgan fingerprint density at radius 1 is 0.277 bits per heavy atom. The van der Waals surface area contributed by atoms with Crippen molar-refractivity contribution in [3.05, 3.63) is 224 Å². The third-order valence-electron chi connectivity index (χ3n) is 13.1. The van der Waals surface area contributed by atoms with Crippen molar-refractivity contribution >= 4 is 0 Å². The second-order valence-corrected chi connectivity index (χ2v) is 22.1. The highest BCUT2D eigenvalue weighted by Crippen LogP contribution is 2.52. The fourth-order valence-electron chi connectivity index (χ4n) is 9.13. The first-order valence-corrected chi connectivity index (χ1v) is 23.0. The van der Waals surface area contributed by atoms with E-state index in [1.165, 1.54) is 0 Å². The molecular formula is C61H68O4. The molecular weight excluding hydrogens is 797 g/mol. The lowest BCUT2D eigenvalue weighted by Crippen LogP contribution is -2.18. The van der Waals surface area contributed by atoms with Gasteiger partial charge in [-0.2, -0.15) is 0 Å². The SMILES string of the molecule is CC(C)(C)c1ccc(O)c(C(c2ccccc2)c2cc(C(C)(C)C)cc(C(c3ccccc3)c3cc(C(C)(C)C)cc(C(c4ccccc4)c4cc(C(C)(C)C)ccc4O)c3O)c2O)c1. The van der Waals surface area contributed by atoms with Gasteiger partial charge in [-0.05, 0) is 72.7 Å². The fraction of sp³-hybridized carbons (Fsp3) is 0.311. The Bertz CT molecular complexity index is 2600. The van der Waals surface area contributed by atoms with Gasteiger partial charge in [-0.15, -0.1) is 0 Å². The Morgan fingerprint density at radius 3 is 0.754 bits per heavy atom. The van der Waals surface area contributed by atoms with Gasteiger partial charge in [-0.25, -0.2) is 0 Å². The van der Waals surface area contributed by atoms with Crippen molar-refractivity contribution in [2.24, 2.45) is 0 Å². The first-order valence-electron chi connectivity index (χ1n) is 23.0. The average Bonchev–Trinajstić information content (AvgIpc) is 3.24. The van der Waals surface area contributed by atoms with E-state index in [-0.39, 0.29) is 44.7 Å². The van der Waals surface area contributed by atoms with Crippen molar-refractivity contribution in [1.82, 2.24) is 0 Å². The van der Waals surface area contributed by atoms with Gasteiger partial charge in [0.1, 0.15) is 23.0 Å². The van der Waals surface area contributed by atoms with Crippen LogP contribution in [0.2, 0.25) is 0 Å². The summed E-state index contributed by atoms with van der Waals surface area (Å²) in [6, 6.07) is 50.5. The van der Waals surface area contributed by atoms with Gasteiger partial charge < -0.3 is 20.4 Å². The molecule has 7 aromatic rings. The minimum absolute atomic E-state index is 0.0958. The second-order valence-electron chi connectivity index (χ2n) is 22.1. The highest BCUT2D eigenvalue weighted by atomic mass is 16.3. The molecule has 0 saturated heterocycles. The fourth-order valence-corrected chi connectivity index (χ4v) is 9.13. The Hall–Kier alpha value is -6.26. The topological polar surface area (TPSA) is 80.9 Å². The molecule has 7 aromatic carbocycles. The molecule has 0 saturated carbocycles. The summed E-state index contributed by atoms with van der Waals surface area (Å²) in [5.74, 6) is -1.23. The number of aromatic hydroxyl groups is 4. The number of phenols is 4. The van der Waals surface area contributed by atoms with Crippen LogP contribution in [0.1, 0.15) is 173 Å². The molecule has 7 rings (SSSR count). The normalized spacial score (nSPS) is 13.9. The summed E-state index contributed by atoms with van der Waals surface area (Å²) in [4.78, 5) is 0. The first kappa shape index (κ1) is 46.7. The monoisotopic (exact) mass is 865 g/mol. The first-order chi connectivity index (χ1) is 30.4. The van der Waals surface area contributed by atoms with Gasteiger partial charge in [0.15, 0.2) is 0 Å². The van der Waals surface area contributed by atoms with E-state index in [4.69, 9.17) is 0 Å². The molecule has 0 amide bonds. The van der Waals surface area contributed by atoms with Gasteiger partial charge in [0.2, 0.25) is 0 Å². The lowest BCUT2D eigenvalue weighted by Gasteiger charge is -2.32. The third kappa shape index (κ3) is 9.74. The zero-order valence-corrected chi connectivity index (χ0v) is 40.5. The molecule has 4 heteroatoms. The lowest BCUT2D eigenvalue weighted by molar-refractivity contribution is 0.445. The molecule has 0 spiro atoms. The molecule has 0 heterocycles. The van der Waals surface area contributed by atoms with Crippen molar-refractivity contribution in [2.75, 3.05) is 0 Å². The summed E-state index contributed by atoms with van der Waals surface area (Å²) in [6.45, 7) is 26.1. The predicted octanol–water partition coefficient (Wildman–Crippen LogP) is 15.2.